The predicted octanol–water partition coefficient (Wildman–Crippen LogP) is 2.92. The highest BCUT2D eigenvalue weighted by atomic mass is 35.5. The van der Waals surface area contributed by atoms with Crippen LogP contribution in [0.3, 0.4) is 0 Å². The summed E-state index contributed by atoms with van der Waals surface area (Å²) in [7, 11) is 0. The molecule has 0 spiro atoms. The lowest BCUT2D eigenvalue weighted by atomic mass is 9.86. The molecule has 0 aliphatic carbocycles. The van der Waals surface area contributed by atoms with E-state index in [4.69, 9.17) is 30.5 Å². The number of carbonyl (C=O) groups is 10. The Morgan fingerprint density at radius 3 is 1.91 bits per heavy atom. The molecule has 0 aromatic heterocycles. The number of nitrogens with zero attached hydrogens (tertiary/aromatic N) is 2. The summed E-state index contributed by atoms with van der Waals surface area (Å²) in [5.74, 6) is -9.54. The van der Waals surface area contributed by atoms with Crippen molar-refractivity contribution in [2.45, 2.75) is 71.5 Å². The van der Waals surface area contributed by atoms with Crippen LogP contribution in [0.4, 0.5) is 0 Å². The number of nitrogens with one attached hydrogen (secondary N) is 3. The zero-order chi connectivity index (χ0) is 47.5. The average Bonchev–Trinajstić information content (AvgIpc) is 3.24. The van der Waals surface area contributed by atoms with Crippen LogP contribution >= 0.6 is 11.6 Å². The smallest absolute Gasteiger partial charge is 0.353 e. The van der Waals surface area contributed by atoms with Crippen molar-refractivity contribution in [3.8, 4) is 23.0 Å². The van der Waals surface area contributed by atoms with Crippen molar-refractivity contribution < 1.29 is 72.0 Å². The number of para-hydroxylation sites is 2. The fourth-order valence-corrected chi connectivity index (χ4v) is 7.36. The van der Waals surface area contributed by atoms with Gasteiger partial charge in [-0.15, -0.1) is 0 Å². The Kier molecular flexibility index (Phi) is 16.1. The molecule has 3 aromatic rings. The van der Waals surface area contributed by atoms with Crippen LogP contribution < -0.4 is 34.9 Å². The van der Waals surface area contributed by atoms with E-state index in [0.717, 1.165) is 37.5 Å². The highest BCUT2D eigenvalue weighted by Crippen LogP contribution is 2.38. The molecule has 21 heteroatoms. The number of carboxylic acids is 1. The van der Waals surface area contributed by atoms with E-state index in [9.17, 15) is 53.1 Å². The SMILES string of the molecule is CC(=O)Oc1cccc(C(=O)NCCCCN(CC(=O)N[C@@H](C(=O)N[C@@H]2C(=O)N3C(C(=O)O)=C(Cl)CC[C@H]23)c2ccccc2)C(=O)c2cccc(OC(C)=O)c2OC(C)=O)c1OC(C)=O. The number of amides is 5. The molecule has 2 aliphatic heterocycles. The first kappa shape index (κ1) is 48.4. The van der Waals surface area contributed by atoms with Crippen LogP contribution in [0.15, 0.2) is 77.5 Å². The van der Waals surface area contributed by atoms with E-state index in [-0.39, 0.29) is 77.9 Å². The summed E-state index contributed by atoms with van der Waals surface area (Å²) < 4.78 is 20.8. The Morgan fingerprint density at radius 2 is 1.34 bits per heavy atom. The fourth-order valence-electron chi connectivity index (χ4n) is 7.07. The molecule has 1 fully saturated rings. The number of carboxylic acid groups (broad SMARTS) is 1. The van der Waals surface area contributed by atoms with E-state index in [1.165, 1.54) is 36.4 Å². The second-order valence-electron chi connectivity index (χ2n) is 14.6. The lowest BCUT2D eigenvalue weighted by Crippen LogP contribution is -2.72. The van der Waals surface area contributed by atoms with E-state index in [2.05, 4.69) is 16.0 Å². The number of hydrogen-bond acceptors (Lipinski definition) is 14. The second-order valence-corrected chi connectivity index (χ2v) is 15.1. The molecule has 4 N–H and O–H groups in total. The fraction of sp³-hybridized carbons (Fsp3) is 0.318. The van der Waals surface area contributed by atoms with Gasteiger partial charge >= 0.3 is 29.8 Å². The van der Waals surface area contributed by atoms with Gasteiger partial charge in [-0.3, -0.25) is 48.1 Å². The third-order valence-electron chi connectivity index (χ3n) is 9.77. The summed E-state index contributed by atoms with van der Waals surface area (Å²) in [4.78, 5) is 130. The van der Waals surface area contributed by atoms with Gasteiger partial charge in [-0.2, -0.15) is 0 Å². The number of aliphatic carboxylic acids is 1. The number of unbranched alkanes of at least 4 members (excludes halogenated alkanes) is 1. The number of halogens is 1. The van der Waals surface area contributed by atoms with Gasteiger partial charge in [0.2, 0.25) is 11.8 Å². The Balaban J connectivity index is 1.36. The van der Waals surface area contributed by atoms with Crippen molar-refractivity contribution in [2.75, 3.05) is 19.6 Å². The summed E-state index contributed by atoms with van der Waals surface area (Å²) in [6, 6.07) is 12.8. The zero-order valence-corrected chi connectivity index (χ0v) is 36.2. The number of fused-ring (bicyclic) bond motifs is 1. The minimum atomic E-state index is -1.42. The molecule has 5 amide bonds. The maximum Gasteiger partial charge on any atom is 0.353 e. The number of carbonyl (C=O) groups excluding carboxylic acids is 9. The van der Waals surface area contributed by atoms with Gasteiger partial charge in [0.1, 0.15) is 17.8 Å². The molecule has 20 nitrogen and oxygen atoms in total. The Hall–Kier alpha value is -7.61. The molecule has 1 saturated heterocycles. The number of ether oxygens (including phenoxy) is 4. The van der Waals surface area contributed by atoms with Crippen molar-refractivity contribution in [2.24, 2.45) is 0 Å². The maximum absolute atomic E-state index is 14.4. The lowest BCUT2D eigenvalue weighted by Gasteiger charge is -2.49. The summed E-state index contributed by atoms with van der Waals surface area (Å²) >= 11 is 6.12. The number of hydrogen-bond donors (Lipinski definition) is 4. The van der Waals surface area contributed by atoms with Crippen molar-refractivity contribution in [3.63, 3.8) is 0 Å². The van der Waals surface area contributed by atoms with Gasteiger partial charge in [0.25, 0.3) is 17.7 Å². The molecule has 2 aliphatic rings. The van der Waals surface area contributed by atoms with Crippen molar-refractivity contribution in [1.29, 1.82) is 0 Å². The highest BCUT2D eigenvalue weighted by molar-refractivity contribution is 6.32. The van der Waals surface area contributed by atoms with Crippen molar-refractivity contribution >= 4 is 71.0 Å². The Labute approximate surface area is 376 Å². The molecule has 3 atom stereocenters. The van der Waals surface area contributed by atoms with E-state index in [0.29, 0.717) is 5.56 Å². The van der Waals surface area contributed by atoms with E-state index < -0.39 is 89.8 Å². The van der Waals surface area contributed by atoms with Gasteiger partial charge in [-0.05, 0) is 55.5 Å². The standard InChI is InChI=1S/C44H44ClN5O15/c1-23(51)62-32-16-10-14-28(38(32)64-25(3)53)40(56)46-20-8-9-21-49(42(58)29-15-11-17-33(63-24(2)52)39(29)65-26(4)54)22-34(55)47-35(27-12-6-5-7-13-27)41(57)48-36-31-19-18-30(45)37(44(60)61)50(31)43(36)59/h5-7,10-17,31,35-36H,8-9,18-22H2,1-4H3,(H,46,56)(H,47,55)(H,48,57)(H,60,61)/t31-,35-,36+/m1/s1. The normalized spacial score (nSPS) is 15.5. The largest absolute Gasteiger partial charge is 0.477 e. The van der Waals surface area contributed by atoms with Crippen LogP contribution in [0.1, 0.15) is 85.7 Å². The highest BCUT2D eigenvalue weighted by Gasteiger charge is 2.53. The molecule has 65 heavy (non-hydrogen) atoms. The van der Waals surface area contributed by atoms with Crippen molar-refractivity contribution in [3.05, 3.63) is 94.1 Å². The van der Waals surface area contributed by atoms with E-state index in [1.54, 1.807) is 30.3 Å². The minimum Gasteiger partial charge on any atom is -0.477 e. The molecule has 0 saturated carbocycles. The molecule has 0 unspecified atom stereocenters. The first-order valence-electron chi connectivity index (χ1n) is 20.0. The van der Waals surface area contributed by atoms with Gasteiger partial charge < -0.3 is 44.9 Å². The topological polar surface area (TPSA) is 270 Å². The van der Waals surface area contributed by atoms with Crippen molar-refractivity contribution in [1.82, 2.24) is 25.8 Å². The Bertz CT molecular complexity index is 2460. The van der Waals surface area contributed by atoms with Gasteiger partial charge in [0.15, 0.2) is 23.0 Å². The van der Waals surface area contributed by atoms with Gasteiger partial charge in [-0.25, -0.2) is 4.79 Å². The van der Waals surface area contributed by atoms with Crippen LogP contribution in [0, 0.1) is 0 Å². The monoisotopic (exact) mass is 917 g/mol. The zero-order valence-electron chi connectivity index (χ0n) is 35.5. The van der Waals surface area contributed by atoms with Crippen LogP contribution in [-0.4, -0.2) is 106 Å². The molecule has 0 radical (unpaired) electrons. The Morgan fingerprint density at radius 1 is 0.769 bits per heavy atom. The van der Waals surface area contributed by atoms with Crippen LogP contribution in [0.5, 0.6) is 23.0 Å². The molecule has 342 valence electrons. The number of benzene rings is 3. The lowest BCUT2D eigenvalue weighted by molar-refractivity contribution is -0.156. The summed E-state index contributed by atoms with van der Waals surface area (Å²) in [6.45, 7) is 3.53. The molecule has 0 bridgehead atoms. The van der Waals surface area contributed by atoms with Gasteiger partial charge in [-0.1, -0.05) is 54.1 Å². The number of β-lactam (4-membered cyclic amide) rings is 1. The number of rotatable bonds is 18. The van der Waals surface area contributed by atoms with Gasteiger partial charge in [0.05, 0.1) is 23.7 Å². The van der Waals surface area contributed by atoms with Crippen LogP contribution in [0.2, 0.25) is 0 Å². The molecular weight excluding hydrogens is 874 g/mol. The minimum absolute atomic E-state index is 0.00126. The summed E-state index contributed by atoms with van der Waals surface area (Å²) in [5, 5.41) is 17.6. The van der Waals surface area contributed by atoms with E-state index in [1.807, 2.05) is 0 Å². The molecule has 3 aromatic carbocycles. The summed E-state index contributed by atoms with van der Waals surface area (Å²) in [6.07, 6.45) is 0.754. The average molecular weight is 918 g/mol. The van der Waals surface area contributed by atoms with Gasteiger partial charge in [0, 0.05) is 45.8 Å². The van der Waals surface area contributed by atoms with Crippen LogP contribution in [0.25, 0.3) is 0 Å². The summed E-state index contributed by atoms with van der Waals surface area (Å²) in [5.41, 5.74) is -0.444. The quantitative estimate of drug-likeness (QED) is 0.0618. The third kappa shape index (κ3) is 12.1. The van der Waals surface area contributed by atoms with Crippen LogP contribution in [-0.2, 0) is 38.4 Å². The molecular formula is C44H44ClN5O15. The first-order chi connectivity index (χ1) is 30.9. The first-order valence-corrected chi connectivity index (χ1v) is 20.4. The second kappa shape index (κ2) is 21.7. The number of esters is 4. The van der Waals surface area contributed by atoms with E-state index >= 15 is 0 Å². The number of allylic oxidation sites excluding steroid dienone is 1. The maximum atomic E-state index is 14.4. The predicted molar refractivity (Wildman–Crippen MR) is 225 cm³/mol. The third-order valence-corrected chi connectivity index (χ3v) is 10.1. The molecule has 2 heterocycles. The molecule has 5 rings (SSSR count).